The average molecular weight is 293 g/mol. The molecule has 1 atom stereocenters. The minimum Gasteiger partial charge on any atom is -0.478 e. The SMILES string of the molecule is POc1ccccc1N(c1ccccc1)c1ccccc1. The largest absolute Gasteiger partial charge is 0.478 e. The van der Waals surface area contributed by atoms with Crippen molar-refractivity contribution in [3.8, 4) is 5.75 Å². The second kappa shape index (κ2) is 6.43. The Kier molecular flexibility index (Phi) is 4.18. The fraction of sp³-hybridized carbons (Fsp3) is 0. The molecular weight excluding hydrogens is 277 g/mol. The fourth-order valence-corrected chi connectivity index (χ4v) is 2.52. The van der Waals surface area contributed by atoms with Gasteiger partial charge in [-0.25, -0.2) is 0 Å². The van der Waals surface area contributed by atoms with E-state index in [1.807, 2.05) is 54.6 Å². The molecule has 3 aromatic carbocycles. The van der Waals surface area contributed by atoms with Crippen LogP contribution in [0.1, 0.15) is 0 Å². The van der Waals surface area contributed by atoms with E-state index in [2.05, 4.69) is 44.7 Å². The highest BCUT2D eigenvalue weighted by molar-refractivity contribution is 7.10. The summed E-state index contributed by atoms with van der Waals surface area (Å²) in [5.41, 5.74) is 3.20. The number of hydrogen-bond acceptors (Lipinski definition) is 2. The minimum atomic E-state index is 0.815. The van der Waals surface area contributed by atoms with Crippen molar-refractivity contribution < 1.29 is 4.52 Å². The number of para-hydroxylation sites is 4. The van der Waals surface area contributed by atoms with Crippen LogP contribution >= 0.6 is 9.47 Å². The summed E-state index contributed by atoms with van der Waals surface area (Å²) >= 11 is 0. The lowest BCUT2D eigenvalue weighted by Gasteiger charge is -2.26. The van der Waals surface area contributed by atoms with Crippen LogP contribution in [-0.4, -0.2) is 0 Å². The second-order valence-electron chi connectivity index (χ2n) is 4.59. The number of rotatable bonds is 4. The zero-order valence-electron chi connectivity index (χ0n) is 11.5. The van der Waals surface area contributed by atoms with Gasteiger partial charge >= 0.3 is 0 Å². The van der Waals surface area contributed by atoms with Gasteiger partial charge in [0.25, 0.3) is 0 Å². The van der Waals surface area contributed by atoms with Crippen molar-refractivity contribution >= 4 is 26.5 Å². The van der Waals surface area contributed by atoms with Crippen LogP contribution in [-0.2, 0) is 0 Å². The molecule has 0 radical (unpaired) electrons. The quantitative estimate of drug-likeness (QED) is 0.603. The first-order valence-corrected chi connectivity index (χ1v) is 7.23. The molecule has 0 amide bonds. The van der Waals surface area contributed by atoms with Gasteiger partial charge in [-0.3, -0.25) is 0 Å². The van der Waals surface area contributed by atoms with Crippen molar-refractivity contribution in [2.45, 2.75) is 0 Å². The van der Waals surface area contributed by atoms with Crippen molar-refractivity contribution in [3.63, 3.8) is 0 Å². The van der Waals surface area contributed by atoms with E-state index in [0.29, 0.717) is 0 Å². The molecule has 3 aromatic rings. The van der Waals surface area contributed by atoms with E-state index in [1.165, 1.54) is 0 Å². The maximum Gasteiger partial charge on any atom is 0.146 e. The monoisotopic (exact) mass is 293 g/mol. The van der Waals surface area contributed by atoms with Gasteiger partial charge in [0.1, 0.15) is 5.75 Å². The summed E-state index contributed by atoms with van der Waals surface area (Å²) in [6.07, 6.45) is 0. The van der Waals surface area contributed by atoms with Gasteiger partial charge < -0.3 is 9.42 Å². The molecule has 0 heterocycles. The van der Waals surface area contributed by atoms with Crippen LogP contribution in [0.2, 0.25) is 0 Å². The van der Waals surface area contributed by atoms with Crippen LogP contribution in [0.25, 0.3) is 0 Å². The second-order valence-corrected chi connectivity index (χ2v) is 4.83. The Morgan fingerprint density at radius 2 is 1.10 bits per heavy atom. The zero-order valence-corrected chi connectivity index (χ0v) is 12.7. The van der Waals surface area contributed by atoms with Crippen molar-refractivity contribution in [1.29, 1.82) is 0 Å². The highest BCUT2D eigenvalue weighted by Crippen LogP contribution is 2.40. The lowest BCUT2D eigenvalue weighted by molar-refractivity contribution is 0.647. The topological polar surface area (TPSA) is 12.5 Å². The van der Waals surface area contributed by atoms with Gasteiger partial charge in [-0.05, 0) is 36.4 Å². The smallest absolute Gasteiger partial charge is 0.146 e. The van der Waals surface area contributed by atoms with E-state index in [-0.39, 0.29) is 0 Å². The Labute approximate surface area is 127 Å². The molecule has 0 saturated carbocycles. The number of benzene rings is 3. The molecule has 0 aliphatic rings. The first kappa shape index (κ1) is 13.7. The maximum absolute atomic E-state index is 5.44. The summed E-state index contributed by atoms with van der Waals surface area (Å²) < 4.78 is 5.44. The zero-order chi connectivity index (χ0) is 14.5. The molecule has 3 rings (SSSR count). The summed E-state index contributed by atoms with van der Waals surface area (Å²) in [7, 11) is 2.32. The van der Waals surface area contributed by atoms with Crippen LogP contribution in [0.4, 0.5) is 17.1 Å². The van der Waals surface area contributed by atoms with Crippen LogP contribution in [0.15, 0.2) is 84.9 Å². The number of nitrogens with zero attached hydrogens (tertiary/aromatic N) is 1. The molecule has 0 aromatic heterocycles. The van der Waals surface area contributed by atoms with E-state index in [4.69, 9.17) is 4.52 Å². The predicted octanol–water partition coefficient (Wildman–Crippen LogP) is 5.33. The first-order chi connectivity index (χ1) is 10.4. The highest BCUT2D eigenvalue weighted by atomic mass is 31.0. The lowest BCUT2D eigenvalue weighted by Crippen LogP contribution is -2.10. The third-order valence-corrected chi connectivity index (χ3v) is 3.52. The molecule has 0 aliphatic carbocycles. The van der Waals surface area contributed by atoms with Crippen molar-refractivity contribution in [2.24, 2.45) is 0 Å². The van der Waals surface area contributed by atoms with E-state index < -0.39 is 0 Å². The summed E-state index contributed by atoms with van der Waals surface area (Å²) in [5.74, 6) is 0.815. The Bertz CT molecular complexity index is 661. The normalized spacial score (nSPS) is 10.1. The fourth-order valence-electron chi connectivity index (χ4n) is 2.32. The standard InChI is InChI=1S/C18H16NOP/c21-20-18-14-8-7-13-17(18)19(15-9-3-1-4-10-15)16-11-5-2-6-12-16/h1-14H,21H2. The van der Waals surface area contributed by atoms with Gasteiger partial charge in [0.2, 0.25) is 0 Å². The van der Waals surface area contributed by atoms with Gasteiger partial charge in [-0.15, -0.1) is 0 Å². The molecule has 0 N–H and O–H groups in total. The van der Waals surface area contributed by atoms with E-state index in [0.717, 1.165) is 22.8 Å². The van der Waals surface area contributed by atoms with E-state index >= 15 is 0 Å². The Balaban J connectivity index is 2.17. The molecule has 104 valence electrons. The van der Waals surface area contributed by atoms with Crippen LogP contribution in [0.5, 0.6) is 5.75 Å². The lowest BCUT2D eigenvalue weighted by atomic mass is 10.2. The van der Waals surface area contributed by atoms with Gasteiger partial charge in [0, 0.05) is 11.4 Å². The molecule has 3 heteroatoms. The van der Waals surface area contributed by atoms with Gasteiger partial charge in [0.05, 0.1) is 15.2 Å². The van der Waals surface area contributed by atoms with Crippen molar-refractivity contribution in [2.75, 3.05) is 4.90 Å². The van der Waals surface area contributed by atoms with E-state index in [1.54, 1.807) is 0 Å². The highest BCUT2D eigenvalue weighted by Gasteiger charge is 2.15. The Morgan fingerprint density at radius 3 is 1.62 bits per heavy atom. The van der Waals surface area contributed by atoms with Crippen LogP contribution in [0.3, 0.4) is 0 Å². The van der Waals surface area contributed by atoms with Crippen molar-refractivity contribution in [3.05, 3.63) is 84.9 Å². The molecule has 21 heavy (non-hydrogen) atoms. The van der Waals surface area contributed by atoms with E-state index in [9.17, 15) is 0 Å². The summed E-state index contributed by atoms with van der Waals surface area (Å²) in [4.78, 5) is 2.18. The molecule has 0 aliphatic heterocycles. The predicted molar refractivity (Wildman–Crippen MR) is 91.5 cm³/mol. The van der Waals surface area contributed by atoms with Crippen LogP contribution in [0, 0.1) is 0 Å². The summed E-state index contributed by atoms with van der Waals surface area (Å²) in [6.45, 7) is 0. The van der Waals surface area contributed by atoms with Crippen LogP contribution < -0.4 is 9.42 Å². The first-order valence-electron chi connectivity index (χ1n) is 6.76. The Hall–Kier alpha value is -2.31. The summed E-state index contributed by atoms with van der Waals surface area (Å²) in [6, 6.07) is 28.5. The van der Waals surface area contributed by atoms with Crippen molar-refractivity contribution in [1.82, 2.24) is 0 Å². The summed E-state index contributed by atoms with van der Waals surface area (Å²) in [5, 5.41) is 0. The van der Waals surface area contributed by atoms with Gasteiger partial charge in [-0.1, -0.05) is 48.5 Å². The number of hydrogen-bond donors (Lipinski definition) is 0. The third kappa shape index (κ3) is 2.91. The van der Waals surface area contributed by atoms with Gasteiger partial charge in [-0.2, -0.15) is 0 Å². The molecule has 2 nitrogen and oxygen atoms in total. The molecule has 0 spiro atoms. The molecule has 0 fully saturated rings. The Morgan fingerprint density at radius 1 is 0.619 bits per heavy atom. The number of anilines is 3. The van der Waals surface area contributed by atoms with Gasteiger partial charge in [0.15, 0.2) is 0 Å². The minimum absolute atomic E-state index is 0.815. The molecule has 0 saturated heterocycles. The molecule has 0 bridgehead atoms. The maximum atomic E-state index is 5.44. The molecule has 1 unspecified atom stereocenters. The third-order valence-electron chi connectivity index (χ3n) is 3.26. The average Bonchev–Trinajstić information content (AvgIpc) is 2.58. The molecular formula is C18H16NOP.